The maximum Gasteiger partial charge on any atom is 0.0780 e. The third-order valence-corrected chi connectivity index (χ3v) is 1.87. The van der Waals surface area contributed by atoms with Crippen LogP contribution in [0.4, 0.5) is 0 Å². The highest BCUT2D eigenvalue weighted by atomic mass is 16.2. The molecule has 0 radical (unpaired) electrons. The molecule has 0 unspecified atom stereocenters. The highest BCUT2D eigenvalue weighted by Crippen LogP contribution is 2.07. The van der Waals surface area contributed by atoms with Gasteiger partial charge in [0.15, 0.2) is 0 Å². The van der Waals surface area contributed by atoms with E-state index in [1.807, 2.05) is 25.1 Å². The van der Waals surface area contributed by atoms with E-state index < -0.39 is 0 Å². The molecule has 12 heavy (non-hydrogen) atoms. The molecule has 64 valence electrons. The van der Waals surface area contributed by atoms with Gasteiger partial charge < -0.3 is 5.11 Å². The Morgan fingerprint density at radius 3 is 2.58 bits per heavy atom. The van der Waals surface area contributed by atoms with Gasteiger partial charge in [0, 0.05) is 0 Å². The van der Waals surface area contributed by atoms with Gasteiger partial charge in [0.1, 0.15) is 0 Å². The molecule has 0 saturated carbocycles. The summed E-state index contributed by atoms with van der Waals surface area (Å²) in [7, 11) is 0. The molecule has 0 bridgehead atoms. The molecule has 0 aliphatic carbocycles. The predicted molar refractivity (Wildman–Crippen MR) is 51.1 cm³/mol. The molecule has 1 nitrogen and oxygen atoms in total. The van der Waals surface area contributed by atoms with E-state index in [2.05, 4.69) is 12.1 Å². The number of aryl methyl sites for hydroxylation is 1. The molecule has 1 heteroatoms. The number of allylic oxidation sites excluding steroid dienone is 1. The van der Waals surface area contributed by atoms with Crippen molar-refractivity contribution in [3.05, 3.63) is 47.7 Å². The van der Waals surface area contributed by atoms with Crippen LogP contribution in [0.25, 0.3) is 0 Å². The van der Waals surface area contributed by atoms with Gasteiger partial charge in [-0.1, -0.05) is 30.3 Å². The zero-order valence-electron chi connectivity index (χ0n) is 7.33. The molecule has 0 aromatic heterocycles. The molecule has 0 aliphatic heterocycles. The lowest BCUT2D eigenvalue weighted by atomic mass is 10.1. The fourth-order valence-electron chi connectivity index (χ4n) is 1.05. The van der Waals surface area contributed by atoms with E-state index >= 15 is 0 Å². The number of aliphatic hydroxyl groups is 1. The van der Waals surface area contributed by atoms with Crippen molar-refractivity contribution >= 4 is 0 Å². The van der Waals surface area contributed by atoms with Crippen LogP contribution in [0, 0.1) is 0 Å². The molecule has 0 fully saturated rings. The molecule has 1 aromatic rings. The summed E-state index contributed by atoms with van der Waals surface area (Å²) in [6.07, 6.45) is 3.12. The van der Waals surface area contributed by atoms with Gasteiger partial charge in [-0.25, -0.2) is 0 Å². The highest BCUT2D eigenvalue weighted by Gasteiger charge is 1.92. The monoisotopic (exact) mass is 162 g/mol. The van der Waals surface area contributed by atoms with E-state index in [9.17, 15) is 0 Å². The molecule has 0 atom stereocenters. The van der Waals surface area contributed by atoms with Crippen molar-refractivity contribution in [2.75, 3.05) is 0 Å². The second-order valence-electron chi connectivity index (χ2n) is 2.96. The number of hydrogen-bond acceptors (Lipinski definition) is 1. The molecule has 1 N–H and O–H groups in total. The first-order valence-electron chi connectivity index (χ1n) is 4.16. The van der Waals surface area contributed by atoms with Gasteiger partial charge in [-0.2, -0.15) is 0 Å². The van der Waals surface area contributed by atoms with E-state index in [1.165, 1.54) is 11.8 Å². The summed E-state index contributed by atoms with van der Waals surface area (Å²) in [6.45, 7) is 1.93. The van der Waals surface area contributed by atoms with E-state index in [0.29, 0.717) is 0 Å². The van der Waals surface area contributed by atoms with Crippen molar-refractivity contribution in [3.8, 4) is 0 Å². The Bertz CT molecular complexity index is 249. The zero-order chi connectivity index (χ0) is 8.81. The first-order chi connectivity index (χ1) is 5.83. The van der Waals surface area contributed by atoms with Crippen molar-refractivity contribution < 1.29 is 5.11 Å². The Hall–Kier alpha value is -1.24. The lowest BCUT2D eigenvalue weighted by Crippen LogP contribution is -1.85. The van der Waals surface area contributed by atoms with Gasteiger partial charge in [-0.15, -0.1) is 0 Å². The Balaban J connectivity index is 2.44. The first-order valence-corrected chi connectivity index (χ1v) is 4.16. The van der Waals surface area contributed by atoms with E-state index in [0.717, 1.165) is 18.4 Å². The minimum absolute atomic E-state index is 0.931. The smallest absolute Gasteiger partial charge is 0.0780 e. The summed E-state index contributed by atoms with van der Waals surface area (Å²) in [6, 6.07) is 10.3. The van der Waals surface area contributed by atoms with Gasteiger partial charge >= 0.3 is 0 Å². The maximum absolute atomic E-state index is 8.65. The lowest BCUT2D eigenvalue weighted by Gasteiger charge is -1.99. The average Bonchev–Trinajstić information content (AvgIpc) is 2.16. The Morgan fingerprint density at radius 2 is 2.00 bits per heavy atom. The highest BCUT2D eigenvalue weighted by molar-refractivity contribution is 5.15. The molecule has 0 heterocycles. The van der Waals surface area contributed by atoms with Crippen LogP contribution >= 0.6 is 0 Å². The molecule has 1 rings (SSSR count). The van der Waals surface area contributed by atoms with E-state index in [-0.39, 0.29) is 0 Å². The summed E-state index contributed by atoms with van der Waals surface area (Å²) in [4.78, 5) is 0. The van der Waals surface area contributed by atoms with Crippen molar-refractivity contribution in [1.29, 1.82) is 0 Å². The predicted octanol–water partition coefficient (Wildman–Crippen LogP) is 3.08. The van der Waals surface area contributed by atoms with Crippen LogP contribution in [0.2, 0.25) is 0 Å². The third kappa shape index (κ3) is 2.79. The Morgan fingerprint density at radius 1 is 1.33 bits per heavy atom. The van der Waals surface area contributed by atoms with Crippen LogP contribution < -0.4 is 0 Å². The Kier molecular flexibility index (Phi) is 3.39. The number of rotatable bonds is 3. The zero-order valence-corrected chi connectivity index (χ0v) is 7.33. The van der Waals surface area contributed by atoms with Crippen LogP contribution in [0.5, 0.6) is 0 Å². The van der Waals surface area contributed by atoms with E-state index in [1.54, 1.807) is 0 Å². The fourth-order valence-corrected chi connectivity index (χ4v) is 1.05. The standard InChI is InChI=1S/C11H14O/c1-10(9-12)7-8-11-5-3-2-4-6-11/h2-6,9,12H,7-8H2,1H3. The molecule has 0 spiro atoms. The van der Waals surface area contributed by atoms with Gasteiger partial charge in [0.2, 0.25) is 0 Å². The van der Waals surface area contributed by atoms with Crippen molar-refractivity contribution in [2.24, 2.45) is 0 Å². The second-order valence-corrected chi connectivity index (χ2v) is 2.96. The van der Waals surface area contributed by atoms with Gasteiger partial charge in [0.05, 0.1) is 6.26 Å². The number of hydrogen-bond donors (Lipinski definition) is 1. The molecule has 0 aliphatic rings. The summed E-state index contributed by atoms with van der Waals surface area (Å²) in [5, 5.41) is 8.65. The number of aliphatic hydroxyl groups excluding tert-OH is 1. The van der Waals surface area contributed by atoms with Crippen LogP contribution in [0.3, 0.4) is 0 Å². The van der Waals surface area contributed by atoms with Crippen LogP contribution in [0.15, 0.2) is 42.2 Å². The number of benzene rings is 1. The lowest BCUT2D eigenvalue weighted by molar-refractivity contribution is 0.464. The largest absolute Gasteiger partial charge is 0.516 e. The van der Waals surface area contributed by atoms with Gasteiger partial charge in [-0.05, 0) is 30.9 Å². The first kappa shape index (κ1) is 8.85. The van der Waals surface area contributed by atoms with Crippen molar-refractivity contribution in [3.63, 3.8) is 0 Å². The van der Waals surface area contributed by atoms with E-state index in [4.69, 9.17) is 5.11 Å². The summed E-state index contributed by atoms with van der Waals surface area (Å²) >= 11 is 0. The van der Waals surface area contributed by atoms with Crippen molar-refractivity contribution in [2.45, 2.75) is 19.8 Å². The van der Waals surface area contributed by atoms with Crippen LogP contribution in [-0.4, -0.2) is 5.11 Å². The molecule has 1 aromatic carbocycles. The van der Waals surface area contributed by atoms with Gasteiger partial charge in [-0.3, -0.25) is 0 Å². The van der Waals surface area contributed by atoms with Crippen molar-refractivity contribution in [1.82, 2.24) is 0 Å². The van der Waals surface area contributed by atoms with Crippen LogP contribution in [0.1, 0.15) is 18.9 Å². The normalized spacial score (nSPS) is 11.6. The fraction of sp³-hybridized carbons (Fsp3) is 0.273. The second kappa shape index (κ2) is 4.60. The SMILES string of the molecule is CC(=CO)CCc1ccccc1. The molecular formula is C11H14O. The topological polar surface area (TPSA) is 20.2 Å². The van der Waals surface area contributed by atoms with Gasteiger partial charge in [0.25, 0.3) is 0 Å². The quantitative estimate of drug-likeness (QED) is 0.677. The summed E-state index contributed by atoms with van der Waals surface area (Å²) in [5.41, 5.74) is 2.34. The Labute approximate surface area is 73.4 Å². The average molecular weight is 162 g/mol. The maximum atomic E-state index is 8.65. The molecule has 0 saturated heterocycles. The summed E-state index contributed by atoms with van der Waals surface area (Å²) < 4.78 is 0. The third-order valence-electron chi connectivity index (χ3n) is 1.87. The van der Waals surface area contributed by atoms with Crippen LogP contribution in [-0.2, 0) is 6.42 Å². The minimum Gasteiger partial charge on any atom is -0.516 e. The summed E-state index contributed by atoms with van der Waals surface area (Å²) in [5.74, 6) is 0. The minimum atomic E-state index is 0.931. The molecule has 0 amide bonds. The molecular weight excluding hydrogens is 148 g/mol.